The van der Waals surface area contributed by atoms with Gasteiger partial charge in [0, 0.05) is 11.4 Å². The van der Waals surface area contributed by atoms with E-state index >= 15 is 0 Å². The molecule has 1 aliphatic heterocycles. The molecule has 18 heavy (non-hydrogen) atoms. The Bertz CT molecular complexity index is 485. The van der Waals surface area contributed by atoms with Gasteiger partial charge >= 0.3 is 0 Å². The van der Waals surface area contributed by atoms with E-state index in [1.165, 1.54) is 6.40 Å². The summed E-state index contributed by atoms with van der Waals surface area (Å²) in [6, 6.07) is 20.5. The summed E-state index contributed by atoms with van der Waals surface area (Å²) in [4.78, 5) is 6.55. The number of rotatable bonds is 3. The summed E-state index contributed by atoms with van der Waals surface area (Å²) in [5.41, 5.74) is 2.24. The molecule has 1 atom stereocenters. The van der Waals surface area contributed by atoms with E-state index in [0.29, 0.717) is 6.61 Å². The number of ether oxygens (including phenoxy) is 1. The van der Waals surface area contributed by atoms with Crippen molar-refractivity contribution in [2.45, 2.75) is 6.17 Å². The van der Waals surface area contributed by atoms with Crippen molar-refractivity contribution in [2.24, 2.45) is 4.99 Å². The van der Waals surface area contributed by atoms with Crippen molar-refractivity contribution in [3.63, 3.8) is 0 Å². The molecule has 3 heteroatoms. The molecule has 2 aromatic rings. The molecule has 2 aromatic carbocycles. The third-order valence-electron chi connectivity index (χ3n) is 2.92. The van der Waals surface area contributed by atoms with E-state index < -0.39 is 0 Å². The number of anilines is 2. The van der Waals surface area contributed by atoms with E-state index in [1.54, 1.807) is 0 Å². The van der Waals surface area contributed by atoms with E-state index in [1.807, 2.05) is 36.4 Å². The first kappa shape index (κ1) is 10.8. The quantitative estimate of drug-likeness (QED) is 0.820. The van der Waals surface area contributed by atoms with Crippen molar-refractivity contribution < 1.29 is 4.74 Å². The standard InChI is InChI=1S/C15H14N2O/c1-3-7-13(8-4-1)17(15-11-18-12-16-15)14-9-5-2-6-10-14/h1-10,12,15H,11H2. The first-order valence-electron chi connectivity index (χ1n) is 5.98. The second-order valence-electron chi connectivity index (χ2n) is 4.11. The molecular formula is C15H14N2O. The molecule has 0 saturated heterocycles. The van der Waals surface area contributed by atoms with Crippen LogP contribution in [0.5, 0.6) is 0 Å². The van der Waals surface area contributed by atoms with Gasteiger partial charge in [-0.25, -0.2) is 4.99 Å². The van der Waals surface area contributed by atoms with Crippen molar-refractivity contribution in [1.82, 2.24) is 0 Å². The molecule has 0 radical (unpaired) electrons. The summed E-state index contributed by atoms with van der Waals surface area (Å²) in [6.07, 6.45) is 1.54. The van der Waals surface area contributed by atoms with E-state index in [4.69, 9.17) is 4.74 Å². The van der Waals surface area contributed by atoms with Crippen molar-refractivity contribution in [3.8, 4) is 0 Å². The van der Waals surface area contributed by atoms with Crippen LogP contribution in [-0.2, 0) is 4.74 Å². The van der Waals surface area contributed by atoms with Gasteiger partial charge in [-0.1, -0.05) is 36.4 Å². The zero-order valence-corrected chi connectivity index (χ0v) is 9.94. The third kappa shape index (κ3) is 2.07. The zero-order chi connectivity index (χ0) is 12.2. The van der Waals surface area contributed by atoms with Gasteiger partial charge in [-0.3, -0.25) is 0 Å². The van der Waals surface area contributed by atoms with Crippen LogP contribution in [0.1, 0.15) is 0 Å². The van der Waals surface area contributed by atoms with Gasteiger partial charge in [0.15, 0.2) is 12.6 Å². The highest BCUT2D eigenvalue weighted by Gasteiger charge is 2.22. The predicted molar refractivity (Wildman–Crippen MR) is 73.3 cm³/mol. The normalized spacial score (nSPS) is 17.4. The molecule has 0 amide bonds. The zero-order valence-electron chi connectivity index (χ0n) is 9.94. The summed E-state index contributed by atoms with van der Waals surface area (Å²) in [5, 5.41) is 0. The topological polar surface area (TPSA) is 24.8 Å². The molecular weight excluding hydrogens is 224 g/mol. The van der Waals surface area contributed by atoms with Crippen LogP contribution in [0.15, 0.2) is 65.7 Å². The maximum Gasteiger partial charge on any atom is 0.171 e. The van der Waals surface area contributed by atoms with Crippen LogP contribution >= 0.6 is 0 Å². The molecule has 3 rings (SSSR count). The Kier molecular flexibility index (Phi) is 2.96. The Morgan fingerprint density at radius 3 is 1.89 bits per heavy atom. The molecule has 3 nitrogen and oxygen atoms in total. The van der Waals surface area contributed by atoms with Gasteiger partial charge in [0.1, 0.15) is 6.61 Å². The van der Waals surface area contributed by atoms with Gasteiger partial charge in [0.25, 0.3) is 0 Å². The third-order valence-corrected chi connectivity index (χ3v) is 2.92. The molecule has 0 aliphatic carbocycles. The van der Waals surface area contributed by atoms with Crippen LogP contribution in [0, 0.1) is 0 Å². The van der Waals surface area contributed by atoms with Crippen LogP contribution in [-0.4, -0.2) is 19.2 Å². The average Bonchev–Trinajstić information content (AvgIpc) is 2.95. The molecule has 1 heterocycles. The lowest BCUT2D eigenvalue weighted by Gasteiger charge is -2.28. The van der Waals surface area contributed by atoms with Crippen LogP contribution in [0.4, 0.5) is 11.4 Å². The highest BCUT2D eigenvalue weighted by Crippen LogP contribution is 2.28. The lowest BCUT2D eigenvalue weighted by Crippen LogP contribution is -2.30. The highest BCUT2D eigenvalue weighted by molar-refractivity contribution is 5.65. The molecule has 0 spiro atoms. The fourth-order valence-corrected chi connectivity index (χ4v) is 2.10. The Labute approximate surface area is 106 Å². The van der Waals surface area contributed by atoms with E-state index in [-0.39, 0.29) is 6.17 Å². The van der Waals surface area contributed by atoms with Crippen LogP contribution in [0.25, 0.3) is 0 Å². The van der Waals surface area contributed by atoms with Gasteiger partial charge in [-0.05, 0) is 24.3 Å². The molecule has 90 valence electrons. The maximum absolute atomic E-state index is 5.25. The van der Waals surface area contributed by atoms with E-state index in [0.717, 1.165) is 11.4 Å². The van der Waals surface area contributed by atoms with Crippen molar-refractivity contribution in [1.29, 1.82) is 0 Å². The molecule has 1 unspecified atom stereocenters. The molecule has 0 fully saturated rings. The minimum atomic E-state index is 0.00907. The van der Waals surface area contributed by atoms with Gasteiger partial charge in [0.2, 0.25) is 0 Å². The summed E-state index contributed by atoms with van der Waals surface area (Å²) in [7, 11) is 0. The lowest BCUT2D eigenvalue weighted by molar-refractivity contribution is 0.329. The Balaban J connectivity index is 2.01. The summed E-state index contributed by atoms with van der Waals surface area (Å²) in [5.74, 6) is 0. The molecule has 0 N–H and O–H groups in total. The lowest BCUT2D eigenvalue weighted by atomic mass is 10.2. The van der Waals surface area contributed by atoms with Gasteiger partial charge < -0.3 is 9.64 Å². The molecule has 0 bridgehead atoms. The number of nitrogens with zero attached hydrogens (tertiary/aromatic N) is 2. The monoisotopic (exact) mass is 238 g/mol. The fraction of sp³-hybridized carbons (Fsp3) is 0.133. The SMILES string of the molecule is C1=NC(N(c2ccccc2)c2ccccc2)CO1. The maximum atomic E-state index is 5.25. The minimum Gasteiger partial charge on any atom is -0.479 e. The van der Waals surface area contributed by atoms with Gasteiger partial charge in [-0.15, -0.1) is 0 Å². The van der Waals surface area contributed by atoms with Gasteiger partial charge in [0.05, 0.1) is 0 Å². The smallest absolute Gasteiger partial charge is 0.171 e. The van der Waals surface area contributed by atoms with E-state index in [2.05, 4.69) is 34.2 Å². The van der Waals surface area contributed by atoms with Crippen molar-refractivity contribution in [2.75, 3.05) is 11.5 Å². The Morgan fingerprint density at radius 1 is 0.889 bits per heavy atom. The van der Waals surface area contributed by atoms with Crippen molar-refractivity contribution >= 4 is 17.8 Å². The molecule has 1 aliphatic rings. The van der Waals surface area contributed by atoms with Gasteiger partial charge in [-0.2, -0.15) is 0 Å². The Morgan fingerprint density at radius 2 is 1.44 bits per heavy atom. The molecule has 0 saturated carbocycles. The van der Waals surface area contributed by atoms with Crippen molar-refractivity contribution in [3.05, 3.63) is 60.7 Å². The minimum absolute atomic E-state index is 0.00907. The first-order valence-corrected chi connectivity index (χ1v) is 5.98. The number of aliphatic imine (C=N–C) groups is 1. The fourth-order valence-electron chi connectivity index (χ4n) is 2.10. The van der Waals surface area contributed by atoms with Crippen LogP contribution in [0.3, 0.4) is 0 Å². The second-order valence-corrected chi connectivity index (χ2v) is 4.11. The van der Waals surface area contributed by atoms with Crippen LogP contribution < -0.4 is 4.90 Å². The summed E-state index contributed by atoms with van der Waals surface area (Å²) < 4.78 is 5.25. The first-order chi connectivity index (χ1) is 8.95. The number of hydrogen-bond acceptors (Lipinski definition) is 3. The number of para-hydroxylation sites is 2. The largest absolute Gasteiger partial charge is 0.479 e. The van der Waals surface area contributed by atoms with Crippen LogP contribution in [0.2, 0.25) is 0 Å². The number of benzene rings is 2. The van der Waals surface area contributed by atoms with E-state index in [9.17, 15) is 0 Å². The Hall–Kier alpha value is -2.29. The summed E-state index contributed by atoms with van der Waals surface area (Å²) >= 11 is 0. The predicted octanol–water partition coefficient (Wildman–Crippen LogP) is 3.21. The molecule has 0 aromatic heterocycles. The highest BCUT2D eigenvalue weighted by atomic mass is 16.5. The summed E-state index contributed by atoms with van der Waals surface area (Å²) in [6.45, 7) is 0.587. The number of hydrogen-bond donors (Lipinski definition) is 0. The second kappa shape index (κ2) is 4.92. The average molecular weight is 238 g/mol.